The van der Waals surface area contributed by atoms with Crippen LogP contribution in [0.2, 0.25) is 0 Å². The number of hydrogen-bond acceptors (Lipinski definition) is 1. The first-order chi connectivity index (χ1) is 4.68. The maximum atomic E-state index is 5.66. The lowest BCUT2D eigenvalue weighted by molar-refractivity contribution is 0.461. The minimum atomic E-state index is -0.155. The number of alkyl halides is 2. The molecular formula is C7H13Cl2N. The first kappa shape index (κ1) is 10.3. The smallest absolute Gasteiger partial charge is 0.0427 e. The van der Waals surface area contributed by atoms with E-state index >= 15 is 0 Å². The van der Waals surface area contributed by atoms with Crippen molar-refractivity contribution in [2.75, 3.05) is 18.3 Å². The molecule has 0 spiro atoms. The Labute approximate surface area is 72.4 Å². The Bertz CT molecular complexity index is 99.8. The molecule has 0 atom stereocenters. The second kappa shape index (κ2) is 5.00. The van der Waals surface area contributed by atoms with Gasteiger partial charge in [-0.15, -0.1) is 29.8 Å². The van der Waals surface area contributed by atoms with Gasteiger partial charge in [-0.1, -0.05) is 6.08 Å². The van der Waals surface area contributed by atoms with Crippen LogP contribution in [0.5, 0.6) is 0 Å². The number of halogens is 2. The third kappa shape index (κ3) is 3.45. The first-order valence-electron chi connectivity index (χ1n) is 3.16. The molecule has 0 amide bonds. The van der Waals surface area contributed by atoms with E-state index in [9.17, 15) is 0 Å². The summed E-state index contributed by atoms with van der Waals surface area (Å²) in [6, 6.07) is 0. The monoisotopic (exact) mass is 181 g/mol. The summed E-state index contributed by atoms with van der Waals surface area (Å²) in [4.78, 5) is 0. The van der Waals surface area contributed by atoms with E-state index in [0.717, 1.165) is 6.54 Å². The van der Waals surface area contributed by atoms with Crippen molar-refractivity contribution in [2.45, 2.75) is 12.5 Å². The number of rotatable bonds is 5. The van der Waals surface area contributed by atoms with Crippen LogP contribution >= 0.6 is 23.2 Å². The summed E-state index contributed by atoms with van der Waals surface area (Å²) in [5.41, 5.74) is -0.155. The van der Waals surface area contributed by atoms with Crippen molar-refractivity contribution < 1.29 is 0 Å². The molecule has 0 radical (unpaired) electrons. The van der Waals surface area contributed by atoms with Gasteiger partial charge in [0.2, 0.25) is 0 Å². The van der Waals surface area contributed by atoms with Gasteiger partial charge in [-0.05, 0) is 6.92 Å². The maximum absolute atomic E-state index is 5.66. The molecule has 0 saturated heterocycles. The van der Waals surface area contributed by atoms with Gasteiger partial charge < -0.3 is 5.32 Å². The van der Waals surface area contributed by atoms with Gasteiger partial charge in [0, 0.05) is 23.8 Å². The molecule has 0 unspecified atom stereocenters. The molecule has 0 aromatic rings. The highest BCUT2D eigenvalue weighted by Crippen LogP contribution is 2.07. The van der Waals surface area contributed by atoms with E-state index < -0.39 is 0 Å². The molecule has 0 rings (SSSR count). The van der Waals surface area contributed by atoms with Crippen LogP contribution in [0.3, 0.4) is 0 Å². The Morgan fingerprint density at radius 3 is 2.30 bits per heavy atom. The number of nitrogens with one attached hydrogen (secondary N) is 1. The lowest BCUT2D eigenvalue weighted by Gasteiger charge is -2.24. The molecule has 1 nitrogen and oxygen atoms in total. The van der Waals surface area contributed by atoms with Gasteiger partial charge in [-0.2, -0.15) is 0 Å². The van der Waals surface area contributed by atoms with Crippen molar-refractivity contribution in [1.82, 2.24) is 5.32 Å². The molecule has 0 bridgehead atoms. The van der Waals surface area contributed by atoms with E-state index in [4.69, 9.17) is 23.2 Å². The Morgan fingerprint density at radius 1 is 1.50 bits per heavy atom. The molecule has 0 aliphatic rings. The molecule has 1 N–H and O–H groups in total. The summed E-state index contributed by atoms with van der Waals surface area (Å²) in [6.45, 7) is 6.31. The summed E-state index contributed by atoms with van der Waals surface area (Å²) in [6.07, 6.45) is 1.79. The zero-order chi connectivity index (χ0) is 8.04. The van der Waals surface area contributed by atoms with E-state index in [1.807, 2.05) is 6.92 Å². The van der Waals surface area contributed by atoms with E-state index in [2.05, 4.69) is 11.9 Å². The third-order valence-corrected chi connectivity index (χ3v) is 2.44. The fraction of sp³-hybridized carbons (Fsp3) is 0.714. The van der Waals surface area contributed by atoms with E-state index in [-0.39, 0.29) is 5.54 Å². The van der Waals surface area contributed by atoms with Crippen LogP contribution in [0.4, 0.5) is 0 Å². The van der Waals surface area contributed by atoms with Crippen LogP contribution < -0.4 is 5.32 Å². The van der Waals surface area contributed by atoms with Crippen LogP contribution in [-0.2, 0) is 0 Å². The fourth-order valence-electron chi connectivity index (χ4n) is 0.449. The topological polar surface area (TPSA) is 12.0 Å². The van der Waals surface area contributed by atoms with Gasteiger partial charge >= 0.3 is 0 Å². The Hall–Kier alpha value is 0.280. The zero-order valence-corrected chi connectivity index (χ0v) is 7.67. The SMILES string of the molecule is C=CCNC(C)(CCl)CCl. The summed E-state index contributed by atoms with van der Waals surface area (Å²) in [5.74, 6) is 1.04. The highest BCUT2D eigenvalue weighted by Gasteiger charge is 2.19. The largest absolute Gasteiger partial charge is 0.306 e. The average Bonchev–Trinajstić information content (AvgIpc) is 2.00. The molecule has 0 aromatic carbocycles. The van der Waals surface area contributed by atoms with E-state index in [0.29, 0.717) is 11.8 Å². The van der Waals surface area contributed by atoms with Crippen LogP contribution in [0, 0.1) is 0 Å². The fourth-order valence-corrected chi connectivity index (χ4v) is 0.923. The lowest BCUT2D eigenvalue weighted by atomic mass is 10.1. The summed E-state index contributed by atoms with van der Waals surface area (Å²) >= 11 is 11.3. The summed E-state index contributed by atoms with van der Waals surface area (Å²) in [7, 11) is 0. The van der Waals surface area contributed by atoms with Crippen molar-refractivity contribution in [3.63, 3.8) is 0 Å². The van der Waals surface area contributed by atoms with E-state index in [1.54, 1.807) is 6.08 Å². The molecule has 0 heterocycles. The molecule has 3 heteroatoms. The van der Waals surface area contributed by atoms with Crippen LogP contribution in [0.1, 0.15) is 6.92 Å². The van der Waals surface area contributed by atoms with Crippen molar-refractivity contribution >= 4 is 23.2 Å². The van der Waals surface area contributed by atoms with E-state index in [1.165, 1.54) is 0 Å². The second-order valence-corrected chi connectivity index (χ2v) is 3.03. The highest BCUT2D eigenvalue weighted by atomic mass is 35.5. The van der Waals surface area contributed by atoms with Gasteiger partial charge in [0.15, 0.2) is 0 Å². The van der Waals surface area contributed by atoms with Gasteiger partial charge in [0.05, 0.1) is 0 Å². The minimum Gasteiger partial charge on any atom is -0.306 e. The molecule has 0 aliphatic heterocycles. The standard InChI is InChI=1S/C7H13Cl2N/c1-3-4-10-7(2,5-8)6-9/h3,10H,1,4-6H2,2H3. The Morgan fingerprint density at radius 2 is 2.00 bits per heavy atom. The van der Waals surface area contributed by atoms with Gasteiger partial charge in [0.25, 0.3) is 0 Å². The van der Waals surface area contributed by atoms with Crippen molar-refractivity contribution in [3.8, 4) is 0 Å². The summed E-state index contributed by atoms with van der Waals surface area (Å²) < 4.78 is 0. The first-order valence-corrected chi connectivity index (χ1v) is 4.23. The van der Waals surface area contributed by atoms with Crippen molar-refractivity contribution in [3.05, 3.63) is 12.7 Å². The molecule has 10 heavy (non-hydrogen) atoms. The highest BCUT2D eigenvalue weighted by molar-refractivity contribution is 6.22. The number of hydrogen-bond donors (Lipinski definition) is 1. The Balaban J connectivity index is 3.68. The normalized spacial score (nSPS) is 11.5. The third-order valence-electron chi connectivity index (χ3n) is 1.26. The Kier molecular flexibility index (Phi) is 5.14. The molecule has 60 valence electrons. The molecule has 0 fully saturated rings. The van der Waals surface area contributed by atoms with Crippen molar-refractivity contribution in [2.24, 2.45) is 0 Å². The van der Waals surface area contributed by atoms with Gasteiger partial charge in [-0.25, -0.2) is 0 Å². The predicted octanol–water partition coefficient (Wildman–Crippen LogP) is 2.00. The maximum Gasteiger partial charge on any atom is 0.0427 e. The molecule has 0 aromatic heterocycles. The zero-order valence-electron chi connectivity index (χ0n) is 6.16. The van der Waals surface area contributed by atoms with Gasteiger partial charge in [-0.3, -0.25) is 0 Å². The van der Waals surface area contributed by atoms with Crippen molar-refractivity contribution in [1.29, 1.82) is 0 Å². The van der Waals surface area contributed by atoms with Crippen LogP contribution in [0.15, 0.2) is 12.7 Å². The molecule has 0 saturated carbocycles. The quantitative estimate of drug-likeness (QED) is 0.506. The molecule has 0 aliphatic carbocycles. The van der Waals surface area contributed by atoms with Crippen LogP contribution in [0.25, 0.3) is 0 Å². The molecular weight excluding hydrogens is 169 g/mol. The second-order valence-electron chi connectivity index (χ2n) is 2.50. The lowest BCUT2D eigenvalue weighted by Crippen LogP contribution is -2.45. The summed E-state index contributed by atoms with van der Waals surface area (Å²) in [5, 5.41) is 3.16. The van der Waals surface area contributed by atoms with Crippen LogP contribution in [-0.4, -0.2) is 23.8 Å². The predicted molar refractivity (Wildman–Crippen MR) is 48.0 cm³/mol. The van der Waals surface area contributed by atoms with Gasteiger partial charge in [0.1, 0.15) is 0 Å². The minimum absolute atomic E-state index is 0.155. The average molecular weight is 182 g/mol.